The van der Waals surface area contributed by atoms with E-state index >= 15 is 0 Å². The summed E-state index contributed by atoms with van der Waals surface area (Å²) in [6.45, 7) is 3.98. The first kappa shape index (κ1) is 15.4. The van der Waals surface area contributed by atoms with Gasteiger partial charge in [0.25, 0.3) is 0 Å². The number of aromatic nitrogens is 2. The molecule has 0 saturated carbocycles. The molecule has 1 saturated heterocycles. The van der Waals surface area contributed by atoms with Gasteiger partial charge in [-0.2, -0.15) is 5.10 Å². The van der Waals surface area contributed by atoms with Crippen molar-refractivity contribution in [2.75, 3.05) is 28.6 Å². The Balaban J connectivity index is 1.72. The molecule has 0 atom stereocenters. The zero-order valence-electron chi connectivity index (χ0n) is 13.4. The molecule has 1 aromatic carbocycles. The van der Waals surface area contributed by atoms with Crippen molar-refractivity contribution in [3.05, 3.63) is 36.0 Å². The third-order valence-electron chi connectivity index (χ3n) is 4.17. The quantitative estimate of drug-likeness (QED) is 0.808. The fraction of sp³-hybridized carbons (Fsp3) is 0.412. The Morgan fingerprint density at radius 2 is 1.87 bits per heavy atom. The van der Waals surface area contributed by atoms with Crippen LogP contribution in [0.5, 0.6) is 0 Å². The number of anilines is 3. The monoisotopic (exact) mass is 313 g/mol. The first-order chi connectivity index (χ1) is 11.2. The normalized spacial score (nSPS) is 15.1. The molecule has 3 N–H and O–H groups in total. The SMILES string of the molecule is Cc1cn[nH]c1NC(=O)Nc1ccccc1N1CCCCCC1. The van der Waals surface area contributed by atoms with Crippen LogP contribution in [-0.4, -0.2) is 29.3 Å². The molecule has 6 nitrogen and oxygen atoms in total. The van der Waals surface area contributed by atoms with Gasteiger partial charge in [-0.1, -0.05) is 25.0 Å². The molecule has 1 fully saturated rings. The van der Waals surface area contributed by atoms with E-state index in [-0.39, 0.29) is 6.03 Å². The summed E-state index contributed by atoms with van der Waals surface area (Å²) in [4.78, 5) is 14.6. The van der Waals surface area contributed by atoms with Gasteiger partial charge in [0, 0.05) is 18.7 Å². The summed E-state index contributed by atoms with van der Waals surface area (Å²) in [5.41, 5.74) is 2.83. The molecule has 2 amide bonds. The van der Waals surface area contributed by atoms with Crippen LogP contribution in [-0.2, 0) is 0 Å². The molecule has 0 bridgehead atoms. The molecular weight excluding hydrogens is 290 g/mol. The summed E-state index contributed by atoms with van der Waals surface area (Å²) < 4.78 is 0. The summed E-state index contributed by atoms with van der Waals surface area (Å²) in [7, 11) is 0. The highest BCUT2D eigenvalue weighted by Gasteiger charge is 2.15. The van der Waals surface area contributed by atoms with Crippen LogP contribution in [0, 0.1) is 6.92 Å². The number of para-hydroxylation sites is 2. The second kappa shape index (κ2) is 7.17. The molecule has 2 aromatic rings. The van der Waals surface area contributed by atoms with E-state index in [9.17, 15) is 4.79 Å². The van der Waals surface area contributed by atoms with Crippen LogP contribution in [0.25, 0.3) is 0 Å². The zero-order chi connectivity index (χ0) is 16.1. The number of hydrogen-bond acceptors (Lipinski definition) is 3. The second-order valence-electron chi connectivity index (χ2n) is 5.93. The van der Waals surface area contributed by atoms with Crippen molar-refractivity contribution in [2.24, 2.45) is 0 Å². The Bertz CT molecular complexity index is 659. The number of amides is 2. The molecule has 0 aliphatic carbocycles. The van der Waals surface area contributed by atoms with E-state index in [2.05, 4.69) is 31.8 Å². The molecular formula is C17H23N5O. The topological polar surface area (TPSA) is 73.0 Å². The number of carbonyl (C=O) groups is 1. The maximum atomic E-state index is 12.2. The minimum Gasteiger partial charge on any atom is -0.370 e. The van der Waals surface area contributed by atoms with Gasteiger partial charge in [0.1, 0.15) is 5.82 Å². The van der Waals surface area contributed by atoms with Crippen molar-refractivity contribution in [3.63, 3.8) is 0 Å². The third kappa shape index (κ3) is 3.83. The van der Waals surface area contributed by atoms with Gasteiger partial charge in [-0.25, -0.2) is 4.79 Å². The Morgan fingerprint density at radius 3 is 2.57 bits per heavy atom. The lowest BCUT2D eigenvalue weighted by molar-refractivity contribution is 0.262. The molecule has 0 radical (unpaired) electrons. The Hall–Kier alpha value is -2.50. The highest BCUT2D eigenvalue weighted by atomic mass is 16.2. The highest BCUT2D eigenvalue weighted by Crippen LogP contribution is 2.28. The van der Waals surface area contributed by atoms with E-state index in [0.717, 1.165) is 30.0 Å². The lowest BCUT2D eigenvalue weighted by Crippen LogP contribution is -2.27. The van der Waals surface area contributed by atoms with E-state index in [1.54, 1.807) is 6.20 Å². The predicted molar refractivity (Wildman–Crippen MR) is 93.1 cm³/mol. The minimum atomic E-state index is -0.264. The third-order valence-corrected chi connectivity index (χ3v) is 4.17. The molecule has 1 aliphatic rings. The maximum Gasteiger partial charge on any atom is 0.324 e. The van der Waals surface area contributed by atoms with E-state index in [1.807, 2.05) is 25.1 Å². The largest absolute Gasteiger partial charge is 0.370 e. The van der Waals surface area contributed by atoms with Crippen molar-refractivity contribution >= 4 is 23.2 Å². The lowest BCUT2D eigenvalue weighted by atomic mass is 10.2. The van der Waals surface area contributed by atoms with E-state index in [1.165, 1.54) is 25.7 Å². The van der Waals surface area contributed by atoms with Gasteiger partial charge in [-0.05, 0) is 31.9 Å². The Morgan fingerprint density at radius 1 is 1.13 bits per heavy atom. The molecule has 6 heteroatoms. The van der Waals surface area contributed by atoms with Gasteiger partial charge in [0.2, 0.25) is 0 Å². The molecule has 1 aliphatic heterocycles. The van der Waals surface area contributed by atoms with Crippen LogP contribution in [0.3, 0.4) is 0 Å². The summed E-state index contributed by atoms with van der Waals surface area (Å²) in [5, 5.41) is 12.4. The average Bonchev–Trinajstić information content (AvgIpc) is 2.79. The van der Waals surface area contributed by atoms with Gasteiger partial charge in [0.05, 0.1) is 17.6 Å². The number of rotatable bonds is 3. The fourth-order valence-corrected chi connectivity index (χ4v) is 2.91. The first-order valence-corrected chi connectivity index (χ1v) is 8.16. The first-order valence-electron chi connectivity index (χ1n) is 8.16. The highest BCUT2D eigenvalue weighted by molar-refractivity contribution is 6.01. The number of aromatic amines is 1. The van der Waals surface area contributed by atoms with Crippen LogP contribution < -0.4 is 15.5 Å². The van der Waals surface area contributed by atoms with Crippen LogP contribution in [0.4, 0.5) is 22.0 Å². The fourth-order valence-electron chi connectivity index (χ4n) is 2.91. The minimum absolute atomic E-state index is 0.264. The molecule has 122 valence electrons. The second-order valence-corrected chi connectivity index (χ2v) is 5.93. The van der Waals surface area contributed by atoms with Crippen LogP contribution in [0.15, 0.2) is 30.5 Å². The lowest BCUT2D eigenvalue weighted by Gasteiger charge is -2.25. The summed E-state index contributed by atoms with van der Waals surface area (Å²) in [5.74, 6) is 0.620. The number of hydrogen-bond donors (Lipinski definition) is 3. The van der Waals surface area contributed by atoms with Crippen molar-refractivity contribution in [3.8, 4) is 0 Å². The Labute approximate surface area is 136 Å². The molecule has 3 rings (SSSR count). The predicted octanol–water partition coefficient (Wildman–Crippen LogP) is 3.74. The summed E-state index contributed by atoms with van der Waals surface area (Å²) >= 11 is 0. The molecule has 2 heterocycles. The van der Waals surface area contributed by atoms with E-state index in [0.29, 0.717) is 5.82 Å². The van der Waals surface area contributed by atoms with E-state index < -0.39 is 0 Å². The smallest absolute Gasteiger partial charge is 0.324 e. The molecule has 0 spiro atoms. The van der Waals surface area contributed by atoms with E-state index in [4.69, 9.17) is 0 Å². The Kier molecular flexibility index (Phi) is 4.80. The number of carbonyl (C=O) groups excluding carboxylic acids is 1. The summed E-state index contributed by atoms with van der Waals surface area (Å²) in [6, 6.07) is 7.71. The summed E-state index contributed by atoms with van der Waals surface area (Å²) in [6.07, 6.45) is 6.65. The maximum absolute atomic E-state index is 12.2. The van der Waals surface area contributed by atoms with Crippen LogP contribution in [0.1, 0.15) is 31.2 Å². The van der Waals surface area contributed by atoms with Gasteiger partial charge in [-0.3, -0.25) is 10.4 Å². The van der Waals surface area contributed by atoms with Crippen molar-refractivity contribution < 1.29 is 4.79 Å². The number of benzene rings is 1. The standard InChI is InChI=1S/C17H23N5O/c1-13-12-18-21-16(13)20-17(23)19-14-8-4-5-9-15(14)22-10-6-2-3-7-11-22/h4-5,8-9,12H,2-3,6-7,10-11H2,1H3,(H3,18,19,20,21,23). The number of nitrogens with zero attached hydrogens (tertiary/aromatic N) is 2. The van der Waals surface area contributed by atoms with Gasteiger partial charge in [-0.15, -0.1) is 0 Å². The van der Waals surface area contributed by atoms with Crippen LogP contribution >= 0.6 is 0 Å². The van der Waals surface area contributed by atoms with Crippen molar-refractivity contribution in [2.45, 2.75) is 32.6 Å². The van der Waals surface area contributed by atoms with Gasteiger partial charge < -0.3 is 10.2 Å². The number of nitrogens with one attached hydrogen (secondary N) is 3. The number of H-pyrrole nitrogens is 1. The molecule has 1 aromatic heterocycles. The van der Waals surface area contributed by atoms with Crippen molar-refractivity contribution in [1.29, 1.82) is 0 Å². The number of urea groups is 1. The van der Waals surface area contributed by atoms with Gasteiger partial charge in [0.15, 0.2) is 0 Å². The average molecular weight is 313 g/mol. The van der Waals surface area contributed by atoms with Gasteiger partial charge >= 0.3 is 6.03 Å². The van der Waals surface area contributed by atoms with Crippen molar-refractivity contribution in [1.82, 2.24) is 10.2 Å². The zero-order valence-corrected chi connectivity index (χ0v) is 13.4. The van der Waals surface area contributed by atoms with Crippen LogP contribution in [0.2, 0.25) is 0 Å². The molecule has 23 heavy (non-hydrogen) atoms. The molecule has 0 unspecified atom stereocenters. The number of aryl methyl sites for hydroxylation is 1.